The highest BCUT2D eigenvalue weighted by atomic mass is 32.2. The average molecular weight is 381 g/mol. The number of rotatable bonds is 8. The van der Waals surface area contributed by atoms with Crippen LogP contribution in [-0.2, 0) is 15.3 Å². The molecule has 25 heavy (non-hydrogen) atoms. The highest BCUT2D eigenvalue weighted by Gasteiger charge is 2.13. The van der Waals surface area contributed by atoms with Gasteiger partial charge in [0.2, 0.25) is 11.8 Å². The van der Waals surface area contributed by atoms with Crippen molar-refractivity contribution in [1.29, 1.82) is 0 Å². The molecule has 134 valence electrons. The summed E-state index contributed by atoms with van der Waals surface area (Å²) in [6, 6.07) is 5.65. The first-order valence-electron chi connectivity index (χ1n) is 7.72. The normalized spacial score (nSPS) is 10.5. The van der Waals surface area contributed by atoms with Gasteiger partial charge in [-0.05, 0) is 25.1 Å². The van der Waals surface area contributed by atoms with Gasteiger partial charge in [-0.25, -0.2) is 9.37 Å². The molecule has 0 aliphatic heterocycles. The quantitative estimate of drug-likeness (QED) is 0.713. The van der Waals surface area contributed by atoms with E-state index >= 15 is 0 Å². The summed E-state index contributed by atoms with van der Waals surface area (Å²) in [4.78, 5) is 29.7. The van der Waals surface area contributed by atoms with Gasteiger partial charge in [0.05, 0.1) is 17.2 Å². The maximum absolute atomic E-state index is 13.1. The fourth-order valence-corrected chi connectivity index (χ4v) is 3.61. The van der Waals surface area contributed by atoms with Crippen molar-refractivity contribution in [2.75, 3.05) is 24.7 Å². The van der Waals surface area contributed by atoms with Crippen LogP contribution < -0.4 is 5.32 Å². The van der Waals surface area contributed by atoms with Crippen LogP contribution in [0.2, 0.25) is 0 Å². The van der Waals surface area contributed by atoms with Crippen LogP contribution in [0.15, 0.2) is 29.6 Å². The summed E-state index contributed by atoms with van der Waals surface area (Å²) in [7, 11) is 1.59. The van der Waals surface area contributed by atoms with Gasteiger partial charge in [-0.2, -0.15) is 11.8 Å². The zero-order valence-electron chi connectivity index (χ0n) is 14.1. The fourth-order valence-electron chi connectivity index (χ4n) is 2.07. The molecule has 5 nitrogen and oxygen atoms in total. The maximum Gasteiger partial charge on any atom is 0.243 e. The monoisotopic (exact) mass is 381 g/mol. The van der Waals surface area contributed by atoms with Crippen LogP contribution in [0.5, 0.6) is 0 Å². The fraction of sp³-hybridized carbons (Fsp3) is 0.353. The van der Waals surface area contributed by atoms with Crippen LogP contribution in [0.25, 0.3) is 0 Å². The van der Waals surface area contributed by atoms with E-state index in [4.69, 9.17) is 0 Å². The Morgan fingerprint density at radius 2 is 2.20 bits per heavy atom. The number of nitrogens with zero attached hydrogens (tertiary/aromatic N) is 2. The molecule has 1 aromatic carbocycles. The molecule has 0 bridgehead atoms. The maximum atomic E-state index is 13.1. The van der Waals surface area contributed by atoms with Gasteiger partial charge in [0.25, 0.3) is 0 Å². The zero-order valence-corrected chi connectivity index (χ0v) is 15.8. The number of aryl methyl sites for hydroxylation is 1. The number of thiazole rings is 1. The number of thioether (sulfide) groups is 1. The summed E-state index contributed by atoms with van der Waals surface area (Å²) >= 11 is 3.26. The predicted octanol–water partition coefficient (Wildman–Crippen LogP) is 3.31. The molecule has 8 heteroatoms. The van der Waals surface area contributed by atoms with E-state index in [1.807, 2.05) is 12.3 Å². The summed E-state index contributed by atoms with van der Waals surface area (Å²) in [5.74, 6) is 0.574. The standard InChI is InChI=1S/C17H20FN3O2S2/c1-12-19-15(11-25-12)10-24-7-6-17(23)21(2)9-16(22)20-14-5-3-4-13(18)8-14/h3-5,8,11H,6-7,9-10H2,1-2H3,(H,20,22). The number of carbonyl (C=O) groups excluding carboxylic acids is 2. The molecule has 0 spiro atoms. The van der Waals surface area contributed by atoms with Crippen molar-refractivity contribution in [3.63, 3.8) is 0 Å². The number of carbonyl (C=O) groups is 2. The molecule has 2 rings (SSSR count). The van der Waals surface area contributed by atoms with E-state index in [1.54, 1.807) is 36.2 Å². The number of hydrogen-bond donors (Lipinski definition) is 1. The van der Waals surface area contributed by atoms with E-state index in [-0.39, 0.29) is 18.4 Å². The van der Waals surface area contributed by atoms with Crippen LogP contribution >= 0.6 is 23.1 Å². The largest absolute Gasteiger partial charge is 0.336 e. The number of hydrogen-bond acceptors (Lipinski definition) is 5. The van der Waals surface area contributed by atoms with Gasteiger partial charge in [-0.15, -0.1) is 11.3 Å². The van der Waals surface area contributed by atoms with E-state index in [9.17, 15) is 14.0 Å². The smallest absolute Gasteiger partial charge is 0.243 e. The third kappa shape index (κ3) is 6.83. The summed E-state index contributed by atoms with van der Waals surface area (Å²) in [5.41, 5.74) is 1.41. The molecule has 2 amide bonds. The lowest BCUT2D eigenvalue weighted by atomic mass is 10.3. The summed E-state index contributed by atoms with van der Waals surface area (Å²) < 4.78 is 13.1. The molecule has 0 saturated carbocycles. The first kappa shape index (κ1) is 19.4. The molecule has 2 aromatic rings. The minimum atomic E-state index is -0.422. The lowest BCUT2D eigenvalue weighted by Gasteiger charge is -2.16. The van der Waals surface area contributed by atoms with Crippen LogP contribution in [0.3, 0.4) is 0 Å². The molecule has 0 unspecified atom stereocenters. The second-order valence-electron chi connectivity index (χ2n) is 5.47. The van der Waals surface area contributed by atoms with E-state index in [0.717, 1.165) is 16.5 Å². The van der Waals surface area contributed by atoms with Crippen LogP contribution in [0.4, 0.5) is 10.1 Å². The second-order valence-corrected chi connectivity index (χ2v) is 7.64. The van der Waals surface area contributed by atoms with Crippen LogP contribution in [0.1, 0.15) is 17.1 Å². The highest BCUT2D eigenvalue weighted by molar-refractivity contribution is 7.98. The van der Waals surface area contributed by atoms with Crippen molar-refractivity contribution < 1.29 is 14.0 Å². The Labute approximate surface area is 154 Å². The van der Waals surface area contributed by atoms with Gasteiger partial charge in [-0.1, -0.05) is 6.07 Å². The molecule has 1 N–H and O–H groups in total. The van der Waals surface area contributed by atoms with Gasteiger partial charge in [0.15, 0.2) is 0 Å². The lowest BCUT2D eigenvalue weighted by molar-refractivity contribution is -0.132. The molecule has 0 fully saturated rings. The molecular weight excluding hydrogens is 361 g/mol. The number of amides is 2. The number of nitrogens with one attached hydrogen (secondary N) is 1. The Morgan fingerprint density at radius 1 is 1.40 bits per heavy atom. The zero-order chi connectivity index (χ0) is 18.2. The molecule has 0 saturated heterocycles. The van der Waals surface area contributed by atoms with E-state index in [1.165, 1.54) is 23.1 Å². The van der Waals surface area contributed by atoms with Crippen molar-refractivity contribution in [3.05, 3.63) is 46.2 Å². The van der Waals surface area contributed by atoms with Crippen molar-refractivity contribution in [1.82, 2.24) is 9.88 Å². The van der Waals surface area contributed by atoms with Crippen molar-refractivity contribution in [2.45, 2.75) is 19.1 Å². The number of aromatic nitrogens is 1. The minimum absolute atomic E-state index is 0.0642. The molecular formula is C17H20FN3O2S2. The van der Waals surface area contributed by atoms with Crippen LogP contribution in [-0.4, -0.2) is 41.0 Å². The minimum Gasteiger partial charge on any atom is -0.336 e. The van der Waals surface area contributed by atoms with Crippen molar-refractivity contribution >= 4 is 40.6 Å². The van der Waals surface area contributed by atoms with E-state index in [0.29, 0.717) is 17.9 Å². The lowest BCUT2D eigenvalue weighted by Crippen LogP contribution is -2.35. The summed E-state index contributed by atoms with van der Waals surface area (Å²) in [6.45, 7) is 1.90. The molecule has 0 aliphatic carbocycles. The number of likely N-dealkylation sites (N-methyl/N-ethyl adjacent to an activating group) is 1. The number of anilines is 1. The third-order valence-corrected chi connectivity index (χ3v) is 5.11. The van der Waals surface area contributed by atoms with Gasteiger partial charge in [-0.3, -0.25) is 9.59 Å². The Bertz CT molecular complexity index is 736. The van der Waals surface area contributed by atoms with Gasteiger partial charge < -0.3 is 10.2 Å². The topological polar surface area (TPSA) is 62.3 Å². The molecule has 0 radical (unpaired) electrons. The molecule has 0 aliphatic rings. The Hall–Kier alpha value is -1.93. The Kier molecular flexibility index (Phi) is 7.39. The molecule has 1 heterocycles. The molecule has 1 aromatic heterocycles. The Balaban J connectivity index is 1.67. The molecule has 0 atom stereocenters. The first-order chi connectivity index (χ1) is 11.9. The SMILES string of the molecule is Cc1nc(CSCCC(=O)N(C)CC(=O)Nc2cccc(F)c2)cs1. The summed E-state index contributed by atoms with van der Waals surface area (Å²) in [6.07, 6.45) is 0.359. The Morgan fingerprint density at radius 3 is 2.88 bits per heavy atom. The van der Waals surface area contributed by atoms with E-state index in [2.05, 4.69) is 10.3 Å². The van der Waals surface area contributed by atoms with Gasteiger partial charge >= 0.3 is 0 Å². The average Bonchev–Trinajstić information content (AvgIpc) is 2.96. The number of halogens is 1. The number of benzene rings is 1. The predicted molar refractivity (Wildman–Crippen MR) is 100 cm³/mol. The highest BCUT2D eigenvalue weighted by Crippen LogP contribution is 2.16. The van der Waals surface area contributed by atoms with Gasteiger partial charge in [0.1, 0.15) is 5.82 Å². The summed E-state index contributed by atoms with van der Waals surface area (Å²) in [5, 5.41) is 5.63. The van der Waals surface area contributed by atoms with Crippen molar-refractivity contribution in [2.24, 2.45) is 0 Å². The third-order valence-electron chi connectivity index (χ3n) is 3.29. The second kappa shape index (κ2) is 9.53. The first-order valence-corrected chi connectivity index (χ1v) is 9.75. The van der Waals surface area contributed by atoms with Gasteiger partial charge in [0, 0.05) is 36.0 Å². The van der Waals surface area contributed by atoms with E-state index < -0.39 is 5.82 Å². The van der Waals surface area contributed by atoms with Crippen LogP contribution in [0, 0.1) is 12.7 Å². The van der Waals surface area contributed by atoms with Crippen molar-refractivity contribution in [3.8, 4) is 0 Å².